The molecule has 0 aliphatic heterocycles. The van der Waals surface area contributed by atoms with E-state index in [1.54, 1.807) is 12.1 Å². The number of allylic oxidation sites excluding steroid dienone is 1. The van der Waals surface area contributed by atoms with Crippen molar-refractivity contribution in [2.24, 2.45) is 17.5 Å². The smallest absolute Gasteiger partial charge is 0.0881 e. The molecule has 3 rings (SSSR count). The summed E-state index contributed by atoms with van der Waals surface area (Å²) in [5.74, 6) is 6.82. The van der Waals surface area contributed by atoms with Gasteiger partial charge in [-0.05, 0) is 66.1 Å². The molecule has 0 bridgehead atoms. The molecule has 0 spiro atoms. The zero-order valence-corrected chi connectivity index (χ0v) is 16.9. The van der Waals surface area contributed by atoms with Gasteiger partial charge in [-0.25, -0.2) is 5.84 Å². The van der Waals surface area contributed by atoms with E-state index in [1.807, 2.05) is 23.0 Å². The number of rotatable bonds is 8. The van der Waals surface area contributed by atoms with E-state index in [9.17, 15) is 0 Å². The van der Waals surface area contributed by atoms with Gasteiger partial charge in [-0.3, -0.25) is 9.67 Å². The van der Waals surface area contributed by atoms with Crippen LogP contribution in [0.1, 0.15) is 43.3 Å². The Balaban J connectivity index is 1.74. The van der Waals surface area contributed by atoms with Crippen molar-refractivity contribution in [3.63, 3.8) is 0 Å². The van der Waals surface area contributed by atoms with E-state index in [0.717, 1.165) is 52.6 Å². The maximum absolute atomic E-state index is 6.40. The largest absolute Gasteiger partial charge is 0.396 e. The first-order valence-electron chi connectivity index (χ1n) is 8.99. The number of hydrogen-bond acceptors (Lipinski definition) is 6. The van der Waals surface area contributed by atoms with Gasteiger partial charge in [-0.2, -0.15) is 0 Å². The lowest BCUT2D eigenvalue weighted by Crippen LogP contribution is -2.28. The SMILES string of the molecule is CCc1nc(/C(N)=C(\CCc2cn(CC3CC3)nn2)N(C)N)ccc1Br. The van der Waals surface area contributed by atoms with Gasteiger partial charge in [0.2, 0.25) is 0 Å². The predicted molar refractivity (Wildman–Crippen MR) is 105 cm³/mol. The van der Waals surface area contributed by atoms with Crippen molar-refractivity contribution < 1.29 is 0 Å². The summed E-state index contributed by atoms with van der Waals surface area (Å²) < 4.78 is 2.93. The van der Waals surface area contributed by atoms with Crippen LogP contribution in [0.25, 0.3) is 5.70 Å². The first-order valence-corrected chi connectivity index (χ1v) is 9.79. The molecule has 0 amide bonds. The van der Waals surface area contributed by atoms with Gasteiger partial charge in [-0.15, -0.1) is 5.10 Å². The van der Waals surface area contributed by atoms with Crippen LogP contribution in [-0.4, -0.2) is 32.0 Å². The molecule has 0 unspecified atom stereocenters. The number of nitrogens with zero attached hydrogens (tertiary/aromatic N) is 5. The first-order chi connectivity index (χ1) is 12.5. The molecule has 1 fully saturated rings. The van der Waals surface area contributed by atoms with E-state index >= 15 is 0 Å². The van der Waals surface area contributed by atoms with Crippen molar-refractivity contribution in [3.8, 4) is 0 Å². The van der Waals surface area contributed by atoms with E-state index in [-0.39, 0.29) is 0 Å². The quantitative estimate of drug-likeness (QED) is 0.503. The Kier molecular flexibility index (Phi) is 5.93. The average molecular weight is 420 g/mol. The first kappa shape index (κ1) is 18.8. The molecule has 26 heavy (non-hydrogen) atoms. The molecule has 0 saturated heterocycles. The lowest BCUT2D eigenvalue weighted by atomic mass is 10.1. The van der Waals surface area contributed by atoms with Crippen LogP contribution in [0.3, 0.4) is 0 Å². The van der Waals surface area contributed by atoms with E-state index < -0.39 is 0 Å². The summed E-state index contributed by atoms with van der Waals surface area (Å²) in [5.41, 5.74) is 10.5. The number of halogens is 1. The van der Waals surface area contributed by atoms with E-state index in [2.05, 4.69) is 38.1 Å². The Hall–Kier alpha value is -1.93. The normalized spacial score (nSPS) is 15.1. The summed E-state index contributed by atoms with van der Waals surface area (Å²) in [5, 5.41) is 10.0. The second-order valence-corrected chi connectivity index (χ2v) is 7.68. The van der Waals surface area contributed by atoms with Gasteiger partial charge in [0.1, 0.15) is 0 Å². The minimum Gasteiger partial charge on any atom is -0.396 e. The van der Waals surface area contributed by atoms with Crippen molar-refractivity contribution >= 4 is 21.6 Å². The monoisotopic (exact) mass is 419 g/mol. The molecule has 7 nitrogen and oxygen atoms in total. The number of hydrogen-bond donors (Lipinski definition) is 2. The van der Waals surface area contributed by atoms with Crippen LogP contribution < -0.4 is 11.6 Å². The number of pyridine rings is 1. The van der Waals surface area contributed by atoms with Crippen LogP contribution in [0, 0.1) is 5.92 Å². The molecule has 0 aromatic carbocycles. The molecule has 8 heteroatoms. The molecular weight excluding hydrogens is 394 g/mol. The number of nitrogens with two attached hydrogens (primary N) is 2. The Morgan fingerprint density at radius 3 is 2.81 bits per heavy atom. The summed E-state index contributed by atoms with van der Waals surface area (Å²) in [6.07, 6.45) is 6.88. The summed E-state index contributed by atoms with van der Waals surface area (Å²) in [6, 6.07) is 3.89. The molecule has 4 N–H and O–H groups in total. The third-order valence-corrected chi connectivity index (χ3v) is 5.33. The molecular formula is C18H26BrN7. The second kappa shape index (κ2) is 8.18. The van der Waals surface area contributed by atoms with Crippen LogP contribution in [0.15, 0.2) is 28.5 Å². The highest BCUT2D eigenvalue weighted by Gasteiger charge is 2.22. The van der Waals surface area contributed by atoms with Gasteiger partial charge < -0.3 is 10.7 Å². The standard InChI is InChI=1S/C18H26BrN7/c1-3-15-14(19)7-8-16(22-15)18(20)17(25(2)21)9-6-13-11-26(24-23-13)10-12-4-5-12/h7-8,11-12H,3-6,9-10,20-21H2,1-2H3/b18-17-. The lowest BCUT2D eigenvalue weighted by molar-refractivity contribution is 0.422. The Bertz CT molecular complexity index is 793. The Morgan fingerprint density at radius 2 is 2.15 bits per heavy atom. The highest BCUT2D eigenvalue weighted by molar-refractivity contribution is 9.10. The van der Waals surface area contributed by atoms with Gasteiger partial charge in [-0.1, -0.05) is 12.1 Å². The fourth-order valence-corrected chi connectivity index (χ4v) is 3.39. The summed E-state index contributed by atoms with van der Waals surface area (Å²) in [7, 11) is 1.80. The van der Waals surface area contributed by atoms with Crippen molar-refractivity contribution in [2.75, 3.05) is 7.05 Å². The average Bonchev–Trinajstić information content (AvgIpc) is 3.32. The van der Waals surface area contributed by atoms with Gasteiger partial charge in [0.25, 0.3) is 0 Å². The molecule has 140 valence electrons. The Morgan fingerprint density at radius 1 is 1.38 bits per heavy atom. The van der Waals surface area contributed by atoms with Gasteiger partial charge in [0.05, 0.1) is 28.5 Å². The maximum atomic E-state index is 6.40. The summed E-state index contributed by atoms with van der Waals surface area (Å²) in [4.78, 5) is 4.65. The minimum absolute atomic E-state index is 0.600. The van der Waals surface area contributed by atoms with Crippen molar-refractivity contribution in [2.45, 2.75) is 45.6 Å². The van der Waals surface area contributed by atoms with Crippen LogP contribution in [0.2, 0.25) is 0 Å². The van der Waals surface area contributed by atoms with Crippen molar-refractivity contribution in [1.82, 2.24) is 25.0 Å². The summed E-state index contributed by atoms with van der Waals surface area (Å²) in [6.45, 7) is 3.04. The third-order valence-electron chi connectivity index (χ3n) is 4.61. The van der Waals surface area contributed by atoms with Crippen molar-refractivity contribution in [3.05, 3.63) is 45.6 Å². The molecule has 2 heterocycles. The van der Waals surface area contributed by atoms with Gasteiger partial charge in [0.15, 0.2) is 0 Å². The molecule has 1 aliphatic rings. The fourth-order valence-electron chi connectivity index (χ4n) is 2.88. The molecule has 2 aromatic rings. The minimum atomic E-state index is 0.600. The highest BCUT2D eigenvalue weighted by atomic mass is 79.9. The fraction of sp³-hybridized carbons (Fsp3) is 0.500. The predicted octanol–water partition coefficient (Wildman–Crippen LogP) is 2.47. The van der Waals surface area contributed by atoms with Crippen LogP contribution in [-0.2, 0) is 19.4 Å². The van der Waals surface area contributed by atoms with Gasteiger partial charge >= 0.3 is 0 Å². The molecule has 0 atom stereocenters. The zero-order chi connectivity index (χ0) is 18.7. The Labute approximate surface area is 162 Å². The third kappa shape index (κ3) is 4.62. The molecule has 0 radical (unpaired) electrons. The van der Waals surface area contributed by atoms with Crippen molar-refractivity contribution in [1.29, 1.82) is 0 Å². The van der Waals surface area contributed by atoms with Gasteiger partial charge in [0, 0.05) is 24.3 Å². The zero-order valence-electron chi connectivity index (χ0n) is 15.3. The van der Waals surface area contributed by atoms with E-state index in [0.29, 0.717) is 12.1 Å². The molecule has 2 aromatic heterocycles. The van der Waals surface area contributed by atoms with E-state index in [1.165, 1.54) is 12.8 Å². The number of aryl methyl sites for hydroxylation is 2. The molecule has 1 saturated carbocycles. The lowest BCUT2D eigenvalue weighted by Gasteiger charge is -2.19. The number of hydrazine groups is 1. The maximum Gasteiger partial charge on any atom is 0.0881 e. The topological polar surface area (TPSA) is 98.9 Å². The van der Waals surface area contributed by atoms with Crippen LogP contribution in [0.5, 0.6) is 0 Å². The highest BCUT2D eigenvalue weighted by Crippen LogP contribution is 2.30. The molecule has 1 aliphatic carbocycles. The van der Waals surface area contributed by atoms with Crippen LogP contribution >= 0.6 is 15.9 Å². The van der Waals surface area contributed by atoms with E-state index in [4.69, 9.17) is 11.6 Å². The number of aromatic nitrogens is 4. The second-order valence-electron chi connectivity index (χ2n) is 6.83. The van der Waals surface area contributed by atoms with Crippen LogP contribution in [0.4, 0.5) is 0 Å². The summed E-state index contributed by atoms with van der Waals surface area (Å²) >= 11 is 3.52.